The second kappa shape index (κ2) is 5.66. The number of benzene rings is 1. The van der Waals surface area contributed by atoms with Crippen LogP contribution >= 0.6 is 0 Å². The lowest BCUT2D eigenvalue weighted by atomic mass is 9.85. The maximum atomic E-state index is 6.40. The Morgan fingerprint density at radius 3 is 2.26 bits per heavy atom. The van der Waals surface area contributed by atoms with Gasteiger partial charge in [0, 0.05) is 6.04 Å². The normalized spacial score (nSPS) is 25.5. The second-order valence-corrected chi connectivity index (χ2v) is 7.49. The Bertz CT molecular complexity index is 399. The molecular weight excluding hydrogens is 230 g/mol. The van der Waals surface area contributed by atoms with Gasteiger partial charge in [-0.1, -0.05) is 58.4 Å². The van der Waals surface area contributed by atoms with Crippen LogP contribution in [0.5, 0.6) is 0 Å². The van der Waals surface area contributed by atoms with Crippen LogP contribution in [0.2, 0.25) is 0 Å². The first-order chi connectivity index (χ1) is 8.86. The average Bonchev–Trinajstić information content (AvgIpc) is 2.75. The fraction of sp³-hybridized carbons (Fsp3) is 0.667. The average molecular weight is 259 g/mol. The van der Waals surface area contributed by atoms with Gasteiger partial charge in [0.25, 0.3) is 0 Å². The van der Waals surface area contributed by atoms with E-state index in [1.165, 1.54) is 30.4 Å². The van der Waals surface area contributed by atoms with E-state index in [1.54, 1.807) is 0 Å². The molecule has 106 valence electrons. The van der Waals surface area contributed by atoms with Crippen molar-refractivity contribution in [2.45, 2.75) is 64.8 Å². The first-order valence-electron chi connectivity index (χ1n) is 7.71. The Labute approximate surface area is 118 Å². The Balaban J connectivity index is 1.96. The molecule has 1 aromatic rings. The van der Waals surface area contributed by atoms with E-state index in [0.717, 1.165) is 18.3 Å². The van der Waals surface area contributed by atoms with Crippen LogP contribution in [-0.2, 0) is 11.8 Å². The van der Waals surface area contributed by atoms with Crippen molar-refractivity contribution < 1.29 is 0 Å². The van der Waals surface area contributed by atoms with Gasteiger partial charge < -0.3 is 5.73 Å². The highest BCUT2D eigenvalue weighted by molar-refractivity contribution is 5.28. The monoisotopic (exact) mass is 259 g/mol. The van der Waals surface area contributed by atoms with Crippen molar-refractivity contribution in [3.8, 4) is 0 Å². The molecule has 0 saturated heterocycles. The third kappa shape index (κ3) is 3.82. The molecule has 0 spiro atoms. The van der Waals surface area contributed by atoms with Crippen molar-refractivity contribution >= 4 is 0 Å². The smallest absolute Gasteiger partial charge is 0.0108 e. The van der Waals surface area contributed by atoms with Crippen molar-refractivity contribution in [1.29, 1.82) is 0 Å². The molecule has 1 fully saturated rings. The van der Waals surface area contributed by atoms with Gasteiger partial charge in [0.2, 0.25) is 0 Å². The summed E-state index contributed by atoms with van der Waals surface area (Å²) in [6.07, 6.45) is 5.03. The molecule has 3 atom stereocenters. The molecule has 1 aliphatic carbocycles. The fourth-order valence-electron chi connectivity index (χ4n) is 3.22. The van der Waals surface area contributed by atoms with Crippen molar-refractivity contribution in [2.24, 2.45) is 17.6 Å². The Morgan fingerprint density at radius 2 is 1.79 bits per heavy atom. The summed E-state index contributed by atoms with van der Waals surface area (Å²) in [7, 11) is 0. The van der Waals surface area contributed by atoms with Crippen LogP contribution in [0.3, 0.4) is 0 Å². The topological polar surface area (TPSA) is 26.0 Å². The minimum atomic E-state index is 0.238. The number of hydrogen-bond acceptors (Lipinski definition) is 1. The van der Waals surface area contributed by atoms with E-state index >= 15 is 0 Å². The second-order valence-electron chi connectivity index (χ2n) is 7.49. The maximum Gasteiger partial charge on any atom is 0.0108 e. The van der Waals surface area contributed by atoms with Crippen LogP contribution in [0.15, 0.2) is 24.3 Å². The van der Waals surface area contributed by atoms with Gasteiger partial charge >= 0.3 is 0 Å². The van der Waals surface area contributed by atoms with Crippen molar-refractivity contribution in [2.75, 3.05) is 0 Å². The molecular formula is C18H29N. The highest BCUT2D eigenvalue weighted by Crippen LogP contribution is 2.33. The highest BCUT2D eigenvalue weighted by atomic mass is 14.7. The first-order valence-corrected chi connectivity index (χ1v) is 7.71. The molecule has 1 nitrogen and oxygen atoms in total. The molecule has 0 bridgehead atoms. The third-order valence-corrected chi connectivity index (χ3v) is 4.63. The summed E-state index contributed by atoms with van der Waals surface area (Å²) in [6.45, 7) is 9.12. The summed E-state index contributed by atoms with van der Waals surface area (Å²) in [5.41, 5.74) is 9.43. The van der Waals surface area contributed by atoms with Gasteiger partial charge in [-0.3, -0.25) is 0 Å². The lowest BCUT2D eigenvalue weighted by Gasteiger charge is -2.21. The molecule has 0 aromatic heterocycles. The van der Waals surface area contributed by atoms with Crippen LogP contribution < -0.4 is 5.73 Å². The molecule has 2 N–H and O–H groups in total. The number of hydrogen-bond donors (Lipinski definition) is 1. The van der Waals surface area contributed by atoms with E-state index in [0.29, 0.717) is 6.04 Å². The number of rotatable bonds is 3. The van der Waals surface area contributed by atoms with Crippen molar-refractivity contribution in [1.82, 2.24) is 0 Å². The van der Waals surface area contributed by atoms with Gasteiger partial charge in [0.1, 0.15) is 0 Å². The fourth-order valence-corrected chi connectivity index (χ4v) is 3.22. The van der Waals surface area contributed by atoms with E-state index in [2.05, 4.69) is 52.0 Å². The number of nitrogens with two attached hydrogens (primary N) is 1. The van der Waals surface area contributed by atoms with E-state index in [9.17, 15) is 0 Å². The zero-order chi connectivity index (χ0) is 14.0. The largest absolute Gasteiger partial charge is 0.327 e. The Kier molecular flexibility index (Phi) is 4.35. The molecule has 0 radical (unpaired) electrons. The van der Waals surface area contributed by atoms with E-state index in [-0.39, 0.29) is 5.41 Å². The molecule has 19 heavy (non-hydrogen) atoms. The molecule has 1 saturated carbocycles. The first kappa shape index (κ1) is 14.6. The minimum Gasteiger partial charge on any atom is -0.327 e. The lowest BCUT2D eigenvalue weighted by Crippen LogP contribution is -2.30. The van der Waals surface area contributed by atoms with Gasteiger partial charge in [-0.05, 0) is 47.6 Å². The zero-order valence-corrected chi connectivity index (χ0v) is 12.9. The van der Waals surface area contributed by atoms with E-state index < -0.39 is 0 Å². The molecule has 0 aliphatic heterocycles. The van der Waals surface area contributed by atoms with Crippen molar-refractivity contribution in [3.63, 3.8) is 0 Å². The van der Waals surface area contributed by atoms with Crippen LogP contribution in [0.4, 0.5) is 0 Å². The zero-order valence-electron chi connectivity index (χ0n) is 12.9. The van der Waals surface area contributed by atoms with Gasteiger partial charge in [0.05, 0.1) is 0 Å². The minimum absolute atomic E-state index is 0.238. The Morgan fingerprint density at radius 1 is 1.16 bits per heavy atom. The molecule has 1 aliphatic rings. The van der Waals surface area contributed by atoms with Crippen LogP contribution in [0.1, 0.15) is 58.1 Å². The summed E-state index contributed by atoms with van der Waals surface area (Å²) in [6, 6.07) is 9.39. The van der Waals surface area contributed by atoms with Gasteiger partial charge in [-0.25, -0.2) is 0 Å². The molecule has 1 heteroatoms. The molecule has 0 heterocycles. The van der Waals surface area contributed by atoms with Crippen molar-refractivity contribution in [3.05, 3.63) is 35.4 Å². The molecule has 3 unspecified atom stereocenters. The van der Waals surface area contributed by atoms with Gasteiger partial charge in [-0.15, -0.1) is 0 Å². The maximum absolute atomic E-state index is 6.40. The SMILES string of the molecule is CC1CCC(C(N)Cc2ccc(C(C)(C)C)cc2)C1. The molecule has 1 aromatic carbocycles. The van der Waals surface area contributed by atoms with Crippen LogP contribution in [0, 0.1) is 11.8 Å². The molecule has 2 rings (SSSR count). The predicted molar refractivity (Wildman–Crippen MR) is 83.3 cm³/mol. The summed E-state index contributed by atoms with van der Waals surface area (Å²) in [4.78, 5) is 0. The predicted octanol–water partition coefficient (Wildman–Crippen LogP) is 4.29. The van der Waals surface area contributed by atoms with E-state index in [1.807, 2.05) is 0 Å². The third-order valence-electron chi connectivity index (χ3n) is 4.63. The van der Waals surface area contributed by atoms with E-state index in [4.69, 9.17) is 5.73 Å². The summed E-state index contributed by atoms with van der Waals surface area (Å²) >= 11 is 0. The molecule has 0 amide bonds. The summed E-state index contributed by atoms with van der Waals surface area (Å²) in [5.74, 6) is 1.61. The van der Waals surface area contributed by atoms with Crippen LogP contribution in [0.25, 0.3) is 0 Å². The quantitative estimate of drug-likeness (QED) is 0.861. The van der Waals surface area contributed by atoms with Gasteiger partial charge in [0.15, 0.2) is 0 Å². The van der Waals surface area contributed by atoms with Gasteiger partial charge in [-0.2, -0.15) is 0 Å². The van der Waals surface area contributed by atoms with Crippen LogP contribution in [-0.4, -0.2) is 6.04 Å². The Hall–Kier alpha value is -0.820. The lowest BCUT2D eigenvalue weighted by molar-refractivity contribution is 0.415. The highest BCUT2D eigenvalue weighted by Gasteiger charge is 2.26. The summed E-state index contributed by atoms with van der Waals surface area (Å²) in [5, 5.41) is 0. The standard InChI is InChI=1S/C18H29N/c1-13-5-8-15(11-13)17(19)12-14-6-9-16(10-7-14)18(2,3)4/h6-7,9-10,13,15,17H,5,8,11-12,19H2,1-4H3. The summed E-state index contributed by atoms with van der Waals surface area (Å²) < 4.78 is 0.